The van der Waals surface area contributed by atoms with Crippen molar-refractivity contribution < 1.29 is 17.9 Å². The summed E-state index contributed by atoms with van der Waals surface area (Å²) in [5.41, 5.74) is 1.18. The van der Waals surface area contributed by atoms with Gasteiger partial charge < -0.3 is 4.74 Å². The van der Waals surface area contributed by atoms with Crippen LogP contribution >= 0.6 is 0 Å². The Bertz CT molecular complexity index is 1150. The highest BCUT2D eigenvalue weighted by Crippen LogP contribution is 2.27. The minimum atomic E-state index is -3.59. The highest BCUT2D eigenvalue weighted by atomic mass is 32.2. The van der Waals surface area contributed by atoms with Gasteiger partial charge in [0.2, 0.25) is 10.0 Å². The van der Waals surface area contributed by atoms with Crippen LogP contribution in [-0.4, -0.2) is 31.8 Å². The first-order valence-electron chi connectivity index (χ1n) is 10.3. The third kappa shape index (κ3) is 4.25. The molecule has 0 atom stereocenters. The molecule has 1 aliphatic heterocycles. The van der Waals surface area contributed by atoms with E-state index in [0.29, 0.717) is 36.6 Å². The van der Waals surface area contributed by atoms with Crippen molar-refractivity contribution in [3.63, 3.8) is 0 Å². The zero-order valence-corrected chi connectivity index (χ0v) is 17.8. The minimum absolute atomic E-state index is 0.290. The van der Waals surface area contributed by atoms with E-state index in [2.05, 4.69) is 6.92 Å². The minimum Gasteiger partial charge on any atom is -0.426 e. The fourth-order valence-electron chi connectivity index (χ4n) is 3.80. The number of carbonyl (C=O) groups is 1. The maximum Gasteiger partial charge on any atom is 0.314 e. The molecule has 1 aliphatic rings. The van der Waals surface area contributed by atoms with Crippen LogP contribution in [0.25, 0.3) is 10.8 Å². The van der Waals surface area contributed by atoms with E-state index < -0.39 is 10.0 Å². The molecule has 0 bridgehead atoms. The molecule has 4 rings (SSSR count). The average molecular weight is 424 g/mol. The van der Waals surface area contributed by atoms with Crippen LogP contribution in [0.1, 0.15) is 25.3 Å². The highest BCUT2D eigenvalue weighted by molar-refractivity contribution is 7.89. The number of hydrogen-bond acceptors (Lipinski definition) is 4. The van der Waals surface area contributed by atoms with E-state index in [1.807, 2.05) is 42.5 Å². The summed E-state index contributed by atoms with van der Waals surface area (Å²) in [6.45, 7) is 2.69. The van der Waals surface area contributed by atoms with Gasteiger partial charge in [0.25, 0.3) is 0 Å². The van der Waals surface area contributed by atoms with Gasteiger partial charge in [-0.05, 0) is 59.9 Å². The maximum absolute atomic E-state index is 13.1. The Morgan fingerprint density at radius 3 is 2.30 bits per heavy atom. The Morgan fingerprint density at radius 2 is 1.63 bits per heavy atom. The van der Waals surface area contributed by atoms with Gasteiger partial charge in [0.15, 0.2) is 0 Å². The third-order valence-electron chi connectivity index (χ3n) is 5.70. The number of carbonyl (C=O) groups excluding carboxylic acids is 1. The van der Waals surface area contributed by atoms with Gasteiger partial charge in [-0.25, -0.2) is 8.42 Å². The molecule has 0 N–H and O–H groups in total. The zero-order chi connectivity index (χ0) is 21.1. The SMILES string of the molecule is CCc1ccc(OC(=O)C2CCN(S(=O)(=O)c3ccc4ccccc4c3)CC2)cc1. The number of fused-ring (bicyclic) bond motifs is 1. The van der Waals surface area contributed by atoms with Crippen molar-refractivity contribution in [2.45, 2.75) is 31.1 Å². The lowest BCUT2D eigenvalue weighted by Gasteiger charge is -2.30. The number of esters is 1. The van der Waals surface area contributed by atoms with Gasteiger partial charge >= 0.3 is 5.97 Å². The molecule has 0 amide bonds. The van der Waals surface area contributed by atoms with Crippen LogP contribution in [0.15, 0.2) is 71.6 Å². The molecule has 1 fully saturated rings. The summed E-state index contributed by atoms with van der Waals surface area (Å²) in [6, 6.07) is 20.4. The van der Waals surface area contributed by atoms with Crippen molar-refractivity contribution in [3.8, 4) is 5.75 Å². The van der Waals surface area contributed by atoms with Gasteiger partial charge in [0, 0.05) is 13.1 Å². The summed E-state index contributed by atoms with van der Waals surface area (Å²) in [5, 5.41) is 1.90. The van der Waals surface area contributed by atoms with Crippen LogP contribution in [0.2, 0.25) is 0 Å². The monoisotopic (exact) mass is 423 g/mol. The molecular weight excluding hydrogens is 398 g/mol. The number of piperidine rings is 1. The fraction of sp³-hybridized carbons (Fsp3) is 0.292. The lowest BCUT2D eigenvalue weighted by molar-refractivity contribution is -0.140. The summed E-state index contributed by atoms with van der Waals surface area (Å²) >= 11 is 0. The molecule has 30 heavy (non-hydrogen) atoms. The molecule has 0 aliphatic carbocycles. The van der Waals surface area contributed by atoms with Crippen LogP contribution in [0.3, 0.4) is 0 Å². The Hall–Kier alpha value is -2.70. The topological polar surface area (TPSA) is 63.7 Å². The van der Waals surface area contributed by atoms with Crippen LogP contribution in [0.5, 0.6) is 5.75 Å². The van der Waals surface area contributed by atoms with Gasteiger partial charge in [-0.2, -0.15) is 4.31 Å². The van der Waals surface area contributed by atoms with E-state index in [1.54, 1.807) is 24.3 Å². The van der Waals surface area contributed by atoms with Gasteiger partial charge in [-0.1, -0.05) is 49.4 Å². The van der Waals surface area contributed by atoms with Crippen LogP contribution in [0, 0.1) is 5.92 Å². The largest absolute Gasteiger partial charge is 0.426 e. The molecule has 0 radical (unpaired) electrons. The smallest absolute Gasteiger partial charge is 0.314 e. The van der Waals surface area contributed by atoms with E-state index in [1.165, 1.54) is 9.87 Å². The molecule has 0 unspecified atom stereocenters. The summed E-state index contributed by atoms with van der Waals surface area (Å²) in [5.74, 6) is -0.0516. The number of ether oxygens (including phenoxy) is 1. The molecule has 0 spiro atoms. The second-order valence-electron chi connectivity index (χ2n) is 7.61. The fourth-order valence-corrected chi connectivity index (χ4v) is 5.31. The molecule has 0 saturated carbocycles. The molecule has 0 aromatic heterocycles. The predicted octanol–water partition coefficient (Wildman–Crippen LogP) is 4.41. The maximum atomic E-state index is 13.1. The Balaban J connectivity index is 1.40. The molecule has 3 aromatic carbocycles. The summed E-state index contributed by atoms with van der Waals surface area (Å²) in [6.07, 6.45) is 1.84. The van der Waals surface area contributed by atoms with Crippen molar-refractivity contribution in [3.05, 3.63) is 72.3 Å². The highest BCUT2D eigenvalue weighted by Gasteiger charge is 2.33. The number of aryl methyl sites for hydroxylation is 1. The summed E-state index contributed by atoms with van der Waals surface area (Å²) in [4.78, 5) is 12.8. The van der Waals surface area contributed by atoms with Gasteiger partial charge in [0.05, 0.1) is 10.8 Å². The standard InChI is InChI=1S/C24H25NO4S/c1-2-18-7-10-22(11-8-18)29-24(26)20-13-15-25(16-14-20)30(27,28)23-12-9-19-5-3-4-6-21(19)17-23/h3-12,17,20H,2,13-16H2,1H3. The van der Waals surface area contributed by atoms with Gasteiger partial charge in [-0.15, -0.1) is 0 Å². The van der Waals surface area contributed by atoms with Crippen LogP contribution in [0.4, 0.5) is 0 Å². The van der Waals surface area contributed by atoms with Gasteiger partial charge in [0.1, 0.15) is 5.75 Å². The summed E-state index contributed by atoms with van der Waals surface area (Å²) in [7, 11) is -3.59. The molecule has 1 saturated heterocycles. The molecule has 6 heteroatoms. The number of rotatable bonds is 5. The Kier molecular flexibility index (Phi) is 5.88. The summed E-state index contributed by atoms with van der Waals surface area (Å²) < 4.78 is 33.1. The first-order chi connectivity index (χ1) is 14.5. The quantitative estimate of drug-likeness (QED) is 0.450. The van der Waals surface area contributed by atoms with E-state index in [-0.39, 0.29) is 11.9 Å². The first-order valence-corrected chi connectivity index (χ1v) is 11.7. The predicted molar refractivity (Wildman–Crippen MR) is 117 cm³/mol. The number of nitrogens with zero attached hydrogens (tertiary/aromatic N) is 1. The number of hydrogen-bond donors (Lipinski definition) is 0. The van der Waals surface area contributed by atoms with Crippen molar-refractivity contribution in [1.82, 2.24) is 4.31 Å². The number of benzene rings is 3. The van der Waals surface area contributed by atoms with E-state index in [4.69, 9.17) is 4.74 Å². The van der Waals surface area contributed by atoms with Crippen molar-refractivity contribution >= 4 is 26.8 Å². The van der Waals surface area contributed by atoms with E-state index in [0.717, 1.165) is 17.2 Å². The van der Waals surface area contributed by atoms with E-state index >= 15 is 0 Å². The van der Waals surface area contributed by atoms with Crippen LogP contribution in [-0.2, 0) is 21.2 Å². The van der Waals surface area contributed by atoms with E-state index in [9.17, 15) is 13.2 Å². The normalized spacial score (nSPS) is 15.9. The Labute approximate surface area is 177 Å². The van der Waals surface area contributed by atoms with Crippen LogP contribution < -0.4 is 4.74 Å². The lowest BCUT2D eigenvalue weighted by Crippen LogP contribution is -2.41. The average Bonchev–Trinajstić information content (AvgIpc) is 2.79. The molecule has 1 heterocycles. The molecule has 5 nitrogen and oxygen atoms in total. The molecule has 156 valence electrons. The second kappa shape index (κ2) is 8.58. The Morgan fingerprint density at radius 1 is 0.967 bits per heavy atom. The van der Waals surface area contributed by atoms with Crippen molar-refractivity contribution in [1.29, 1.82) is 0 Å². The second-order valence-corrected chi connectivity index (χ2v) is 9.54. The number of sulfonamides is 1. The lowest BCUT2D eigenvalue weighted by atomic mass is 9.98. The molecule has 3 aromatic rings. The van der Waals surface area contributed by atoms with Crippen molar-refractivity contribution in [2.75, 3.05) is 13.1 Å². The molecular formula is C24H25NO4S. The van der Waals surface area contributed by atoms with Crippen molar-refractivity contribution in [2.24, 2.45) is 5.92 Å². The zero-order valence-electron chi connectivity index (χ0n) is 17.0. The first kappa shape index (κ1) is 20.6. The third-order valence-corrected chi connectivity index (χ3v) is 7.59. The van der Waals surface area contributed by atoms with Gasteiger partial charge in [-0.3, -0.25) is 4.79 Å².